The Hall–Kier alpha value is -0.420. The van der Waals surface area contributed by atoms with Gasteiger partial charge in [0.25, 0.3) is 0 Å². The molecule has 0 saturated carbocycles. The quantitative estimate of drug-likeness (QED) is 0.691. The van der Waals surface area contributed by atoms with E-state index in [1.54, 1.807) is 11.3 Å². The topological polar surface area (TPSA) is 66.5 Å². The number of aryl methyl sites for hydroxylation is 1. The molecule has 1 rings (SSSR count). The molecular formula is C11H19NO2S. The van der Waals surface area contributed by atoms with Crippen molar-refractivity contribution in [2.75, 3.05) is 6.61 Å². The Morgan fingerprint density at radius 2 is 2.20 bits per heavy atom. The van der Waals surface area contributed by atoms with Crippen LogP contribution in [0.5, 0.6) is 0 Å². The molecule has 4 heteroatoms. The van der Waals surface area contributed by atoms with E-state index in [-0.39, 0.29) is 12.6 Å². The zero-order valence-electron chi connectivity index (χ0n) is 9.02. The van der Waals surface area contributed by atoms with Gasteiger partial charge in [0.2, 0.25) is 0 Å². The maximum atomic E-state index is 9.88. The van der Waals surface area contributed by atoms with Gasteiger partial charge in [-0.15, -0.1) is 11.3 Å². The van der Waals surface area contributed by atoms with E-state index < -0.39 is 6.10 Å². The molecule has 15 heavy (non-hydrogen) atoms. The fraction of sp³-hybridized carbons (Fsp3) is 0.636. The van der Waals surface area contributed by atoms with Gasteiger partial charge in [-0.25, -0.2) is 0 Å². The molecule has 0 fully saturated rings. The second kappa shape index (κ2) is 6.23. The van der Waals surface area contributed by atoms with Crippen LogP contribution < -0.4 is 5.73 Å². The zero-order chi connectivity index (χ0) is 11.3. The van der Waals surface area contributed by atoms with E-state index in [4.69, 9.17) is 10.8 Å². The van der Waals surface area contributed by atoms with Gasteiger partial charge in [-0.2, -0.15) is 0 Å². The molecule has 0 aliphatic heterocycles. The number of aliphatic hydroxyl groups is 2. The maximum absolute atomic E-state index is 9.88. The fourth-order valence-corrected chi connectivity index (χ4v) is 2.63. The number of hydrogen-bond donors (Lipinski definition) is 3. The molecule has 0 aliphatic carbocycles. The Bertz CT molecular complexity index is 288. The highest BCUT2D eigenvalue weighted by Crippen LogP contribution is 2.26. The largest absolute Gasteiger partial charge is 0.396 e. The second-order valence-corrected chi connectivity index (χ2v) is 4.87. The monoisotopic (exact) mass is 229 g/mol. The third kappa shape index (κ3) is 3.57. The molecule has 0 bridgehead atoms. The summed E-state index contributed by atoms with van der Waals surface area (Å²) in [5, 5.41) is 18.6. The molecule has 0 spiro atoms. The van der Waals surface area contributed by atoms with Crippen LogP contribution in [-0.4, -0.2) is 22.9 Å². The van der Waals surface area contributed by atoms with E-state index in [9.17, 15) is 5.11 Å². The summed E-state index contributed by atoms with van der Waals surface area (Å²) in [6, 6.07) is 3.60. The Balaban J connectivity index is 2.60. The van der Waals surface area contributed by atoms with Crippen LogP contribution in [0.4, 0.5) is 0 Å². The molecule has 1 aromatic heterocycles. The zero-order valence-corrected chi connectivity index (χ0v) is 9.83. The van der Waals surface area contributed by atoms with Gasteiger partial charge in [-0.1, -0.05) is 13.3 Å². The molecule has 2 unspecified atom stereocenters. The first-order valence-corrected chi connectivity index (χ1v) is 6.13. The molecule has 0 radical (unpaired) electrons. The van der Waals surface area contributed by atoms with Gasteiger partial charge in [-0.05, 0) is 25.0 Å². The van der Waals surface area contributed by atoms with Gasteiger partial charge in [0.1, 0.15) is 6.10 Å². The van der Waals surface area contributed by atoms with Gasteiger partial charge in [0.05, 0.1) is 0 Å². The molecule has 0 aromatic carbocycles. The first-order chi connectivity index (χ1) is 7.19. The van der Waals surface area contributed by atoms with Gasteiger partial charge >= 0.3 is 0 Å². The summed E-state index contributed by atoms with van der Waals surface area (Å²) >= 11 is 1.61. The average Bonchev–Trinajstić information content (AvgIpc) is 2.66. The van der Waals surface area contributed by atoms with Gasteiger partial charge < -0.3 is 15.9 Å². The van der Waals surface area contributed by atoms with Gasteiger partial charge in [-0.3, -0.25) is 0 Å². The van der Waals surface area contributed by atoms with Crippen LogP contribution in [0.25, 0.3) is 0 Å². The second-order valence-electron chi connectivity index (χ2n) is 3.68. The minimum Gasteiger partial charge on any atom is -0.396 e. The van der Waals surface area contributed by atoms with Crippen LogP contribution >= 0.6 is 11.3 Å². The van der Waals surface area contributed by atoms with Crippen LogP contribution in [0.3, 0.4) is 0 Å². The van der Waals surface area contributed by atoms with Crippen LogP contribution in [0.2, 0.25) is 0 Å². The summed E-state index contributed by atoms with van der Waals surface area (Å²) in [7, 11) is 0. The summed E-state index contributed by atoms with van der Waals surface area (Å²) in [6.45, 7) is 2.15. The van der Waals surface area contributed by atoms with E-state index in [0.29, 0.717) is 6.42 Å². The molecule has 0 amide bonds. The lowest BCUT2D eigenvalue weighted by molar-refractivity contribution is 0.132. The van der Waals surface area contributed by atoms with Crippen molar-refractivity contribution in [3.05, 3.63) is 21.9 Å². The third-order valence-corrected chi connectivity index (χ3v) is 3.55. The Kier molecular flexibility index (Phi) is 5.25. The number of rotatable bonds is 6. The highest BCUT2D eigenvalue weighted by atomic mass is 32.1. The molecule has 4 N–H and O–H groups in total. The summed E-state index contributed by atoms with van der Waals surface area (Å²) < 4.78 is 0. The van der Waals surface area contributed by atoms with Crippen molar-refractivity contribution in [1.29, 1.82) is 0 Å². The minimum absolute atomic E-state index is 0.0193. The first-order valence-electron chi connectivity index (χ1n) is 5.32. The summed E-state index contributed by atoms with van der Waals surface area (Å²) in [6.07, 6.45) is 1.95. The molecule has 1 heterocycles. The van der Waals surface area contributed by atoms with Crippen molar-refractivity contribution in [3.63, 3.8) is 0 Å². The number of hydrogen-bond acceptors (Lipinski definition) is 4. The molecule has 0 aliphatic rings. The standard InChI is InChI=1S/C11H19NO2S/c1-2-3-8-4-5-10(15-8)11(14)9(12)6-7-13/h4-5,9,11,13-14H,2-3,6-7,12H2,1H3. The molecule has 86 valence electrons. The molecule has 3 nitrogen and oxygen atoms in total. The van der Waals surface area contributed by atoms with Crippen LogP contribution in [0.1, 0.15) is 35.6 Å². The Morgan fingerprint density at radius 1 is 1.47 bits per heavy atom. The normalized spacial score (nSPS) is 15.2. The van der Waals surface area contributed by atoms with Crippen LogP contribution in [-0.2, 0) is 6.42 Å². The smallest absolute Gasteiger partial charge is 0.103 e. The van der Waals surface area contributed by atoms with Gasteiger partial charge in [0, 0.05) is 22.4 Å². The molecule has 0 saturated heterocycles. The summed E-state index contributed by atoms with van der Waals surface area (Å²) in [4.78, 5) is 2.18. The van der Waals surface area contributed by atoms with E-state index >= 15 is 0 Å². The average molecular weight is 229 g/mol. The molecular weight excluding hydrogens is 210 g/mol. The third-order valence-electron chi connectivity index (χ3n) is 2.34. The number of thiophene rings is 1. The highest BCUT2D eigenvalue weighted by molar-refractivity contribution is 7.12. The number of nitrogens with two attached hydrogens (primary N) is 1. The molecule has 2 atom stereocenters. The van der Waals surface area contributed by atoms with Crippen molar-refractivity contribution in [3.8, 4) is 0 Å². The van der Waals surface area contributed by atoms with Crippen LogP contribution in [0, 0.1) is 0 Å². The lowest BCUT2D eigenvalue weighted by atomic mass is 10.1. The van der Waals surface area contributed by atoms with Crippen molar-refractivity contribution in [1.82, 2.24) is 0 Å². The van der Waals surface area contributed by atoms with E-state index in [1.165, 1.54) is 4.88 Å². The van der Waals surface area contributed by atoms with E-state index in [1.807, 2.05) is 12.1 Å². The SMILES string of the molecule is CCCc1ccc(C(O)C(N)CCO)s1. The Morgan fingerprint density at radius 3 is 2.80 bits per heavy atom. The highest BCUT2D eigenvalue weighted by Gasteiger charge is 2.17. The lowest BCUT2D eigenvalue weighted by Crippen LogP contribution is -2.28. The minimum atomic E-state index is -0.646. The number of aliphatic hydroxyl groups excluding tert-OH is 2. The van der Waals surface area contributed by atoms with Crippen molar-refractivity contribution < 1.29 is 10.2 Å². The van der Waals surface area contributed by atoms with Crippen molar-refractivity contribution >= 4 is 11.3 Å². The van der Waals surface area contributed by atoms with Gasteiger partial charge in [0.15, 0.2) is 0 Å². The predicted molar refractivity (Wildman–Crippen MR) is 63.0 cm³/mol. The van der Waals surface area contributed by atoms with Crippen LogP contribution in [0.15, 0.2) is 12.1 Å². The van der Waals surface area contributed by atoms with E-state index in [0.717, 1.165) is 17.7 Å². The van der Waals surface area contributed by atoms with Crippen molar-refractivity contribution in [2.24, 2.45) is 5.73 Å². The first kappa shape index (κ1) is 12.6. The predicted octanol–water partition coefficient (Wildman–Crippen LogP) is 1.44. The Labute approximate surface area is 94.6 Å². The maximum Gasteiger partial charge on any atom is 0.103 e. The molecule has 1 aromatic rings. The lowest BCUT2D eigenvalue weighted by Gasteiger charge is -2.16. The fourth-order valence-electron chi connectivity index (χ4n) is 1.45. The van der Waals surface area contributed by atoms with E-state index in [2.05, 4.69) is 6.92 Å². The summed E-state index contributed by atoms with van der Waals surface area (Å²) in [5.74, 6) is 0. The van der Waals surface area contributed by atoms with Crippen molar-refractivity contribution in [2.45, 2.75) is 38.3 Å². The summed E-state index contributed by atoms with van der Waals surface area (Å²) in [5.41, 5.74) is 5.74.